The van der Waals surface area contributed by atoms with Crippen LogP contribution in [0.3, 0.4) is 0 Å². The normalized spacial score (nSPS) is 10.6. The summed E-state index contributed by atoms with van der Waals surface area (Å²) in [7, 11) is 0. The highest BCUT2D eigenvalue weighted by Gasteiger charge is 2.06. The van der Waals surface area contributed by atoms with Crippen molar-refractivity contribution in [3.05, 3.63) is 41.2 Å². The third-order valence-corrected chi connectivity index (χ3v) is 2.90. The predicted octanol–water partition coefficient (Wildman–Crippen LogP) is 3.00. The average Bonchev–Trinajstić information content (AvgIpc) is 2.40. The van der Waals surface area contributed by atoms with Gasteiger partial charge in [0.1, 0.15) is 18.2 Å². The molecular weight excluding hydrogens is 254 g/mol. The molecule has 0 aliphatic carbocycles. The Kier molecular flexibility index (Phi) is 4.53. The molecule has 0 spiro atoms. The number of nitrogens with two attached hydrogens (primary N) is 1. The van der Waals surface area contributed by atoms with Gasteiger partial charge in [-0.15, -0.1) is 0 Å². The Labute approximate surface area is 118 Å². The lowest BCUT2D eigenvalue weighted by molar-refractivity contribution is 0.128. The van der Waals surface area contributed by atoms with Crippen molar-refractivity contribution < 1.29 is 9.47 Å². The Morgan fingerprint density at radius 3 is 2.60 bits per heavy atom. The molecule has 0 saturated heterocycles. The molecule has 1 aromatic heterocycles. The van der Waals surface area contributed by atoms with Gasteiger partial charge in [-0.2, -0.15) is 4.98 Å². The summed E-state index contributed by atoms with van der Waals surface area (Å²) in [5.74, 6) is 2.04. The average molecular weight is 273 g/mol. The summed E-state index contributed by atoms with van der Waals surface area (Å²) >= 11 is 0. The maximum atomic E-state index is 5.75. The molecule has 0 amide bonds. The molecule has 0 fully saturated rings. The van der Waals surface area contributed by atoms with Gasteiger partial charge in [-0.25, -0.2) is 4.98 Å². The van der Waals surface area contributed by atoms with Crippen molar-refractivity contribution in [3.8, 4) is 11.6 Å². The van der Waals surface area contributed by atoms with Gasteiger partial charge in [-0.1, -0.05) is 6.07 Å². The molecule has 0 bridgehead atoms. The Morgan fingerprint density at radius 1 is 1.10 bits per heavy atom. The van der Waals surface area contributed by atoms with Gasteiger partial charge < -0.3 is 15.2 Å². The molecule has 5 nitrogen and oxygen atoms in total. The zero-order valence-electron chi connectivity index (χ0n) is 12.0. The van der Waals surface area contributed by atoms with E-state index in [9.17, 15) is 0 Å². The van der Waals surface area contributed by atoms with Gasteiger partial charge in [0, 0.05) is 12.7 Å². The van der Waals surface area contributed by atoms with Gasteiger partial charge in [0.25, 0.3) is 0 Å². The maximum Gasteiger partial charge on any atom is 0.224 e. The molecule has 106 valence electrons. The molecular formula is C15H19N3O2. The minimum absolute atomic E-state index is 0.324. The Balaban J connectivity index is 2.19. The van der Waals surface area contributed by atoms with Gasteiger partial charge in [0.05, 0.1) is 0 Å². The van der Waals surface area contributed by atoms with Crippen LogP contribution in [0.25, 0.3) is 0 Å². The van der Waals surface area contributed by atoms with Crippen LogP contribution in [-0.4, -0.2) is 16.6 Å². The zero-order chi connectivity index (χ0) is 14.5. The number of nitrogens with zero attached hydrogens (tertiary/aromatic N) is 2. The number of aryl methyl sites for hydroxylation is 2. The largest absolute Gasteiger partial charge is 0.439 e. The topological polar surface area (TPSA) is 70.3 Å². The van der Waals surface area contributed by atoms with Crippen LogP contribution in [0, 0.1) is 13.8 Å². The third kappa shape index (κ3) is 3.68. The second-order valence-electron chi connectivity index (χ2n) is 4.53. The number of hydrogen-bond acceptors (Lipinski definition) is 5. The summed E-state index contributed by atoms with van der Waals surface area (Å²) < 4.78 is 11.0. The molecule has 0 atom stereocenters. The van der Waals surface area contributed by atoms with Gasteiger partial charge >= 0.3 is 0 Å². The first-order valence-electron chi connectivity index (χ1n) is 6.54. The highest BCUT2D eigenvalue weighted by Crippen LogP contribution is 2.23. The number of anilines is 1. The summed E-state index contributed by atoms with van der Waals surface area (Å²) in [5, 5.41) is 0. The Hall–Kier alpha value is -2.14. The van der Waals surface area contributed by atoms with E-state index in [1.807, 2.05) is 32.0 Å². The van der Waals surface area contributed by atoms with E-state index < -0.39 is 0 Å². The van der Waals surface area contributed by atoms with Crippen LogP contribution < -0.4 is 10.5 Å². The second kappa shape index (κ2) is 6.34. The number of ether oxygens (including phenoxy) is 2. The molecule has 0 aliphatic heterocycles. The lowest BCUT2D eigenvalue weighted by Crippen LogP contribution is -2.03. The fraction of sp³-hybridized carbons (Fsp3) is 0.333. The van der Waals surface area contributed by atoms with Crippen molar-refractivity contribution >= 4 is 5.82 Å². The molecule has 0 radical (unpaired) electrons. The van der Waals surface area contributed by atoms with Crippen LogP contribution >= 0.6 is 0 Å². The van der Waals surface area contributed by atoms with E-state index in [1.165, 1.54) is 11.1 Å². The summed E-state index contributed by atoms with van der Waals surface area (Å²) in [6, 6.07) is 7.49. The number of aromatic nitrogens is 2. The maximum absolute atomic E-state index is 5.75. The second-order valence-corrected chi connectivity index (χ2v) is 4.53. The molecule has 2 rings (SSSR count). The van der Waals surface area contributed by atoms with Crippen molar-refractivity contribution in [1.82, 2.24) is 9.97 Å². The van der Waals surface area contributed by atoms with E-state index in [1.54, 1.807) is 6.07 Å². The van der Waals surface area contributed by atoms with Gasteiger partial charge in [-0.05, 0) is 44.0 Å². The first-order chi connectivity index (χ1) is 9.58. The van der Waals surface area contributed by atoms with Crippen molar-refractivity contribution in [2.24, 2.45) is 0 Å². The van der Waals surface area contributed by atoms with E-state index >= 15 is 0 Å². The molecule has 5 heteroatoms. The number of rotatable bonds is 5. The minimum Gasteiger partial charge on any atom is -0.439 e. The monoisotopic (exact) mass is 273 g/mol. The van der Waals surface area contributed by atoms with Crippen LogP contribution in [0.15, 0.2) is 24.3 Å². The van der Waals surface area contributed by atoms with Crippen molar-refractivity contribution in [2.45, 2.75) is 27.4 Å². The number of benzene rings is 1. The molecule has 20 heavy (non-hydrogen) atoms. The minimum atomic E-state index is 0.324. The van der Waals surface area contributed by atoms with E-state index in [0.717, 1.165) is 5.75 Å². The number of nitrogen functional groups attached to an aromatic ring is 1. The van der Waals surface area contributed by atoms with E-state index in [2.05, 4.69) is 16.9 Å². The van der Waals surface area contributed by atoms with E-state index in [-0.39, 0.29) is 0 Å². The van der Waals surface area contributed by atoms with Crippen LogP contribution in [0.1, 0.15) is 23.9 Å². The summed E-state index contributed by atoms with van der Waals surface area (Å²) in [5.41, 5.74) is 8.14. The molecule has 0 saturated carbocycles. The van der Waals surface area contributed by atoms with Crippen LogP contribution in [0.4, 0.5) is 5.82 Å². The lowest BCUT2D eigenvalue weighted by Gasteiger charge is -2.09. The molecule has 2 aromatic rings. The SMILES string of the molecule is CCOCc1nc(N)cc(Oc2ccc(C)c(C)c2)n1. The van der Waals surface area contributed by atoms with E-state index in [0.29, 0.717) is 30.7 Å². The van der Waals surface area contributed by atoms with E-state index in [4.69, 9.17) is 15.2 Å². The third-order valence-electron chi connectivity index (χ3n) is 2.90. The smallest absolute Gasteiger partial charge is 0.224 e. The Morgan fingerprint density at radius 2 is 1.90 bits per heavy atom. The fourth-order valence-corrected chi connectivity index (χ4v) is 1.70. The zero-order valence-corrected chi connectivity index (χ0v) is 12.0. The molecule has 0 unspecified atom stereocenters. The first-order valence-corrected chi connectivity index (χ1v) is 6.54. The summed E-state index contributed by atoms with van der Waals surface area (Å²) in [6.07, 6.45) is 0. The fourth-order valence-electron chi connectivity index (χ4n) is 1.70. The van der Waals surface area contributed by atoms with Gasteiger partial charge in [-0.3, -0.25) is 0 Å². The molecule has 0 aliphatic rings. The highest BCUT2D eigenvalue weighted by molar-refractivity contribution is 5.38. The van der Waals surface area contributed by atoms with Crippen molar-refractivity contribution in [2.75, 3.05) is 12.3 Å². The van der Waals surface area contributed by atoms with Gasteiger partial charge in [0.2, 0.25) is 5.88 Å². The molecule has 1 heterocycles. The van der Waals surface area contributed by atoms with Gasteiger partial charge in [0.15, 0.2) is 5.82 Å². The molecule has 2 N–H and O–H groups in total. The lowest BCUT2D eigenvalue weighted by atomic mass is 10.1. The quantitative estimate of drug-likeness (QED) is 0.906. The predicted molar refractivity (Wildman–Crippen MR) is 77.8 cm³/mol. The van der Waals surface area contributed by atoms with Crippen molar-refractivity contribution in [1.29, 1.82) is 0 Å². The van der Waals surface area contributed by atoms with Crippen molar-refractivity contribution in [3.63, 3.8) is 0 Å². The first kappa shape index (κ1) is 14.3. The standard InChI is InChI=1S/C15H19N3O2/c1-4-19-9-14-17-13(16)8-15(18-14)20-12-6-5-10(2)11(3)7-12/h5-8H,4,9H2,1-3H3,(H2,16,17,18). The van der Waals surface area contributed by atoms with Crippen LogP contribution in [-0.2, 0) is 11.3 Å². The molecule has 1 aromatic carbocycles. The Bertz CT molecular complexity index is 600. The number of hydrogen-bond donors (Lipinski definition) is 1. The summed E-state index contributed by atoms with van der Waals surface area (Å²) in [4.78, 5) is 8.39. The van der Waals surface area contributed by atoms with Crippen LogP contribution in [0.5, 0.6) is 11.6 Å². The highest BCUT2D eigenvalue weighted by atomic mass is 16.5. The van der Waals surface area contributed by atoms with Crippen LogP contribution in [0.2, 0.25) is 0 Å². The summed E-state index contributed by atoms with van der Waals surface area (Å²) in [6.45, 7) is 6.94.